The number of amides is 1. The zero-order chi connectivity index (χ0) is 21.9. The molecule has 1 amide bonds. The van der Waals surface area contributed by atoms with Gasteiger partial charge >= 0.3 is 6.18 Å². The minimum absolute atomic E-state index is 0.0806. The van der Waals surface area contributed by atoms with Crippen LogP contribution in [0.3, 0.4) is 0 Å². The molecule has 7 nitrogen and oxygen atoms in total. The molecule has 1 atom stereocenters. The van der Waals surface area contributed by atoms with Crippen LogP contribution in [0.15, 0.2) is 47.4 Å². The molecule has 0 radical (unpaired) electrons. The van der Waals surface area contributed by atoms with Gasteiger partial charge in [-0.05, 0) is 48.9 Å². The summed E-state index contributed by atoms with van der Waals surface area (Å²) in [5.41, 5.74) is -0.819. The molecule has 0 spiro atoms. The number of methoxy groups -OCH3 is 1. The van der Waals surface area contributed by atoms with E-state index < -0.39 is 27.7 Å². The van der Waals surface area contributed by atoms with Gasteiger partial charge in [-0.3, -0.25) is 4.79 Å². The standard InChI is InChI=1S/C19H19F3N2O5S/c1-28-17-7-6-15(30(26,27)24-14-8-9-29-11-14)10-16(17)18(25)23-13-4-2-12(3-5-13)19(20,21)22/h2-7,10,14,24H,8-9,11H2,1H3,(H,23,25). The topological polar surface area (TPSA) is 93.7 Å². The number of carbonyl (C=O) groups is 1. The number of hydrogen-bond donors (Lipinski definition) is 2. The Labute approximate surface area is 171 Å². The summed E-state index contributed by atoms with van der Waals surface area (Å²) in [4.78, 5) is 12.5. The predicted octanol–water partition coefficient (Wildman–Crippen LogP) is 3.03. The van der Waals surface area contributed by atoms with Crippen molar-refractivity contribution in [2.75, 3.05) is 25.6 Å². The fourth-order valence-electron chi connectivity index (χ4n) is 2.89. The summed E-state index contributed by atoms with van der Waals surface area (Å²) < 4.78 is 76.0. The first-order chi connectivity index (χ1) is 14.1. The molecule has 0 bridgehead atoms. The van der Waals surface area contributed by atoms with Crippen LogP contribution >= 0.6 is 0 Å². The van der Waals surface area contributed by atoms with Crippen LogP contribution in [0.1, 0.15) is 22.3 Å². The molecule has 2 aromatic carbocycles. The van der Waals surface area contributed by atoms with Gasteiger partial charge < -0.3 is 14.8 Å². The SMILES string of the molecule is COc1ccc(S(=O)(=O)NC2CCOC2)cc1C(=O)Nc1ccc(C(F)(F)F)cc1. The lowest BCUT2D eigenvalue weighted by molar-refractivity contribution is -0.137. The van der Waals surface area contributed by atoms with Crippen molar-refractivity contribution in [1.82, 2.24) is 4.72 Å². The van der Waals surface area contributed by atoms with Crippen molar-refractivity contribution in [3.8, 4) is 5.75 Å². The molecule has 11 heteroatoms. The molecule has 2 aromatic rings. The Morgan fingerprint density at radius 3 is 2.43 bits per heavy atom. The fourth-order valence-corrected chi connectivity index (χ4v) is 4.17. The molecule has 1 aliphatic rings. The van der Waals surface area contributed by atoms with E-state index in [4.69, 9.17) is 9.47 Å². The van der Waals surface area contributed by atoms with Crippen molar-refractivity contribution in [1.29, 1.82) is 0 Å². The van der Waals surface area contributed by atoms with Crippen LogP contribution in [0.5, 0.6) is 5.75 Å². The van der Waals surface area contributed by atoms with Crippen molar-refractivity contribution in [3.05, 3.63) is 53.6 Å². The van der Waals surface area contributed by atoms with Crippen molar-refractivity contribution < 1.29 is 35.9 Å². The first kappa shape index (κ1) is 22.1. The smallest absolute Gasteiger partial charge is 0.416 e. The molecule has 0 saturated carbocycles. The van der Waals surface area contributed by atoms with E-state index in [1.807, 2.05) is 0 Å². The van der Waals surface area contributed by atoms with E-state index in [0.29, 0.717) is 13.0 Å². The van der Waals surface area contributed by atoms with Crippen LogP contribution in [-0.4, -0.2) is 40.7 Å². The summed E-state index contributed by atoms with van der Waals surface area (Å²) in [5, 5.41) is 2.44. The third-order valence-corrected chi connectivity index (χ3v) is 5.97. The van der Waals surface area contributed by atoms with E-state index in [0.717, 1.165) is 30.3 Å². The highest BCUT2D eigenvalue weighted by atomic mass is 32.2. The summed E-state index contributed by atoms with van der Waals surface area (Å²) in [7, 11) is -2.60. The van der Waals surface area contributed by atoms with Gasteiger partial charge in [0.05, 0.1) is 29.7 Å². The van der Waals surface area contributed by atoms with Gasteiger partial charge in [0.15, 0.2) is 0 Å². The van der Waals surface area contributed by atoms with Gasteiger partial charge in [0.25, 0.3) is 5.91 Å². The Balaban J connectivity index is 1.83. The van der Waals surface area contributed by atoms with Crippen LogP contribution in [0.4, 0.5) is 18.9 Å². The van der Waals surface area contributed by atoms with E-state index in [9.17, 15) is 26.4 Å². The summed E-state index contributed by atoms with van der Waals surface area (Å²) in [6.45, 7) is 0.716. The molecule has 30 heavy (non-hydrogen) atoms. The Morgan fingerprint density at radius 2 is 1.87 bits per heavy atom. The number of hydrogen-bond acceptors (Lipinski definition) is 5. The number of sulfonamides is 1. The highest BCUT2D eigenvalue weighted by Gasteiger charge is 2.30. The number of carbonyl (C=O) groups excluding carboxylic acids is 1. The van der Waals surface area contributed by atoms with Crippen molar-refractivity contribution >= 4 is 21.6 Å². The van der Waals surface area contributed by atoms with Crippen molar-refractivity contribution in [2.24, 2.45) is 0 Å². The third kappa shape index (κ3) is 5.10. The lowest BCUT2D eigenvalue weighted by Crippen LogP contribution is -2.35. The van der Waals surface area contributed by atoms with Gasteiger partial charge in [-0.2, -0.15) is 13.2 Å². The van der Waals surface area contributed by atoms with Gasteiger partial charge in [-0.1, -0.05) is 0 Å². The van der Waals surface area contributed by atoms with Crippen molar-refractivity contribution in [3.63, 3.8) is 0 Å². The van der Waals surface area contributed by atoms with Crippen molar-refractivity contribution in [2.45, 2.75) is 23.5 Å². The molecule has 162 valence electrons. The molecule has 0 aliphatic carbocycles. The summed E-state index contributed by atoms with van der Waals surface area (Å²) in [6.07, 6.45) is -3.96. The lowest BCUT2D eigenvalue weighted by Gasteiger charge is -2.14. The molecule has 1 unspecified atom stereocenters. The number of halogens is 3. The zero-order valence-electron chi connectivity index (χ0n) is 15.8. The lowest BCUT2D eigenvalue weighted by atomic mass is 10.1. The molecule has 1 heterocycles. The number of anilines is 1. The Morgan fingerprint density at radius 1 is 1.17 bits per heavy atom. The van der Waals surface area contributed by atoms with E-state index in [1.54, 1.807) is 0 Å². The maximum atomic E-state index is 12.7. The highest BCUT2D eigenvalue weighted by molar-refractivity contribution is 7.89. The predicted molar refractivity (Wildman–Crippen MR) is 102 cm³/mol. The average molecular weight is 444 g/mol. The molecular weight excluding hydrogens is 425 g/mol. The van der Waals surface area contributed by atoms with Crippen LogP contribution < -0.4 is 14.8 Å². The summed E-state index contributed by atoms with van der Waals surface area (Å²) in [6, 6.07) is 7.30. The van der Waals surface area contributed by atoms with Gasteiger partial charge in [0, 0.05) is 18.3 Å². The molecular formula is C19H19F3N2O5S. The Hall–Kier alpha value is -2.63. The second-order valence-electron chi connectivity index (χ2n) is 6.57. The largest absolute Gasteiger partial charge is 0.496 e. The normalized spacial score (nSPS) is 17.0. The van der Waals surface area contributed by atoms with E-state index in [2.05, 4.69) is 10.0 Å². The monoisotopic (exact) mass is 444 g/mol. The van der Waals surface area contributed by atoms with E-state index in [1.165, 1.54) is 19.2 Å². The second-order valence-corrected chi connectivity index (χ2v) is 8.29. The van der Waals surface area contributed by atoms with E-state index >= 15 is 0 Å². The average Bonchev–Trinajstić information content (AvgIpc) is 3.19. The maximum absolute atomic E-state index is 12.7. The number of ether oxygens (including phenoxy) is 2. The van der Waals surface area contributed by atoms with E-state index in [-0.39, 0.29) is 34.5 Å². The molecule has 0 aromatic heterocycles. The summed E-state index contributed by atoms with van der Waals surface area (Å²) >= 11 is 0. The Kier molecular flexibility index (Phi) is 6.34. The molecule has 1 aliphatic heterocycles. The highest BCUT2D eigenvalue weighted by Crippen LogP contribution is 2.30. The minimum Gasteiger partial charge on any atom is -0.496 e. The number of rotatable bonds is 6. The van der Waals surface area contributed by atoms with Gasteiger partial charge in [0.1, 0.15) is 5.75 Å². The summed E-state index contributed by atoms with van der Waals surface area (Å²) in [5.74, 6) is -0.615. The molecule has 1 saturated heterocycles. The quantitative estimate of drug-likeness (QED) is 0.715. The van der Waals surface area contributed by atoms with Gasteiger partial charge in [0.2, 0.25) is 10.0 Å². The van der Waals surface area contributed by atoms with Crippen LogP contribution in [-0.2, 0) is 20.9 Å². The number of nitrogens with one attached hydrogen (secondary N) is 2. The molecule has 3 rings (SSSR count). The number of benzene rings is 2. The van der Waals surface area contributed by atoms with Gasteiger partial charge in [-0.25, -0.2) is 13.1 Å². The van der Waals surface area contributed by atoms with Crippen LogP contribution in [0.2, 0.25) is 0 Å². The Bertz CT molecular complexity index is 1020. The second kappa shape index (κ2) is 8.62. The first-order valence-corrected chi connectivity index (χ1v) is 10.4. The van der Waals surface area contributed by atoms with Gasteiger partial charge in [-0.15, -0.1) is 0 Å². The zero-order valence-corrected chi connectivity index (χ0v) is 16.6. The minimum atomic E-state index is -4.49. The van der Waals surface area contributed by atoms with Crippen LogP contribution in [0.25, 0.3) is 0 Å². The maximum Gasteiger partial charge on any atom is 0.416 e. The number of alkyl halides is 3. The molecule has 2 N–H and O–H groups in total. The fraction of sp³-hybridized carbons (Fsp3) is 0.316. The molecule has 1 fully saturated rings. The first-order valence-electron chi connectivity index (χ1n) is 8.87. The van der Waals surface area contributed by atoms with Crippen LogP contribution in [0, 0.1) is 0 Å². The third-order valence-electron chi connectivity index (χ3n) is 4.45.